The molecule has 0 saturated heterocycles. The molecule has 1 N–H and O–H groups in total. The van der Waals surface area contributed by atoms with Gasteiger partial charge in [-0.25, -0.2) is 0 Å². The smallest absolute Gasteiger partial charge is 0.450 e. The van der Waals surface area contributed by atoms with Crippen LogP contribution in [0.15, 0.2) is 69.9 Å². The van der Waals surface area contributed by atoms with Gasteiger partial charge in [0.2, 0.25) is 11.2 Å². The molecule has 11 heteroatoms. The molecule has 3 aromatic carbocycles. The Morgan fingerprint density at radius 2 is 1.73 bits per heavy atom. The number of benzene rings is 3. The van der Waals surface area contributed by atoms with Crippen LogP contribution in [0.3, 0.4) is 0 Å². The molecular weight excluding hydrogens is 515 g/mol. The normalized spacial score (nSPS) is 11.3. The summed E-state index contributed by atoms with van der Waals surface area (Å²) < 4.78 is 62.8. The Morgan fingerprint density at radius 3 is 2.41 bits per heavy atom. The molecule has 0 aliphatic carbocycles. The summed E-state index contributed by atoms with van der Waals surface area (Å²) in [5, 5.41) is 2.78. The summed E-state index contributed by atoms with van der Waals surface area (Å²) in [6.07, 6.45) is -4.98. The van der Waals surface area contributed by atoms with Gasteiger partial charge in [-0.1, -0.05) is 29.8 Å². The highest BCUT2D eigenvalue weighted by molar-refractivity contribution is 6.33. The van der Waals surface area contributed by atoms with Crippen molar-refractivity contribution in [1.29, 1.82) is 0 Å². The first-order valence-electron chi connectivity index (χ1n) is 10.7. The van der Waals surface area contributed by atoms with E-state index in [0.29, 0.717) is 10.7 Å². The monoisotopic (exact) mass is 533 g/mol. The van der Waals surface area contributed by atoms with Gasteiger partial charge in [-0.15, -0.1) is 0 Å². The first-order chi connectivity index (χ1) is 17.6. The number of anilines is 1. The molecule has 0 saturated carbocycles. The number of hydrogen-bond donors (Lipinski definition) is 1. The van der Waals surface area contributed by atoms with Crippen molar-refractivity contribution in [3.63, 3.8) is 0 Å². The zero-order valence-corrected chi connectivity index (χ0v) is 20.2. The number of carbonyl (C=O) groups is 1. The van der Waals surface area contributed by atoms with E-state index in [1.807, 2.05) is 0 Å². The first-order valence-corrected chi connectivity index (χ1v) is 11.1. The highest BCUT2D eigenvalue weighted by atomic mass is 35.5. The van der Waals surface area contributed by atoms with Crippen molar-refractivity contribution in [3.05, 3.63) is 81.7 Å². The molecule has 0 unspecified atom stereocenters. The summed E-state index contributed by atoms with van der Waals surface area (Å²) in [7, 11) is 2.70. The number of carbonyl (C=O) groups excluding carboxylic acids is 1. The van der Waals surface area contributed by atoms with Crippen molar-refractivity contribution < 1.29 is 36.6 Å². The highest BCUT2D eigenvalue weighted by Gasteiger charge is 2.39. The molecule has 1 amide bonds. The summed E-state index contributed by atoms with van der Waals surface area (Å²) in [6, 6.07) is 14.3. The van der Waals surface area contributed by atoms with E-state index in [9.17, 15) is 22.8 Å². The minimum Gasteiger partial charge on any atom is -0.493 e. The maximum Gasteiger partial charge on any atom is 0.450 e. The van der Waals surface area contributed by atoms with Crippen LogP contribution in [0.5, 0.6) is 17.2 Å². The minimum atomic E-state index is -4.98. The lowest BCUT2D eigenvalue weighted by atomic mass is 10.0. The number of alkyl halides is 3. The number of nitrogens with one attached hydrogen (secondary N) is 1. The van der Waals surface area contributed by atoms with Gasteiger partial charge in [-0.05, 0) is 42.0 Å². The second-order valence-corrected chi connectivity index (χ2v) is 8.08. The third kappa shape index (κ3) is 5.49. The van der Waals surface area contributed by atoms with Gasteiger partial charge in [-0.2, -0.15) is 13.2 Å². The first kappa shape index (κ1) is 25.9. The highest BCUT2D eigenvalue weighted by Crippen LogP contribution is 2.40. The Morgan fingerprint density at radius 1 is 1.00 bits per heavy atom. The summed E-state index contributed by atoms with van der Waals surface area (Å²) in [5.74, 6) is -1.58. The molecule has 0 bridgehead atoms. The van der Waals surface area contributed by atoms with Crippen molar-refractivity contribution in [2.24, 2.45) is 0 Å². The van der Waals surface area contributed by atoms with Crippen LogP contribution >= 0.6 is 11.6 Å². The molecular formula is C26H19ClF3NO6. The topological polar surface area (TPSA) is 87.0 Å². The molecule has 4 aromatic rings. The lowest BCUT2D eigenvalue weighted by Gasteiger charge is -2.15. The molecule has 1 heterocycles. The third-order valence-electron chi connectivity index (χ3n) is 5.31. The van der Waals surface area contributed by atoms with Crippen LogP contribution in [0.2, 0.25) is 5.02 Å². The summed E-state index contributed by atoms with van der Waals surface area (Å²) in [4.78, 5) is 25.4. The van der Waals surface area contributed by atoms with E-state index in [1.54, 1.807) is 24.3 Å². The molecule has 4 rings (SSSR count). The van der Waals surface area contributed by atoms with Crippen LogP contribution in [0.4, 0.5) is 18.9 Å². The van der Waals surface area contributed by atoms with E-state index in [4.69, 9.17) is 30.2 Å². The molecule has 192 valence electrons. The maximum atomic E-state index is 14.0. The largest absolute Gasteiger partial charge is 0.493 e. The molecule has 37 heavy (non-hydrogen) atoms. The Balaban J connectivity index is 1.69. The summed E-state index contributed by atoms with van der Waals surface area (Å²) >= 11 is 6.00. The Labute approximate surface area is 213 Å². The van der Waals surface area contributed by atoms with Crippen LogP contribution in [0, 0.1) is 0 Å². The zero-order chi connectivity index (χ0) is 26.7. The average molecular weight is 534 g/mol. The summed E-state index contributed by atoms with van der Waals surface area (Å²) in [5.41, 5.74) is -1.61. The van der Waals surface area contributed by atoms with E-state index in [2.05, 4.69) is 5.32 Å². The Bertz CT molecular complexity index is 1530. The number of para-hydroxylation sites is 1. The molecule has 0 radical (unpaired) electrons. The van der Waals surface area contributed by atoms with Crippen molar-refractivity contribution in [2.75, 3.05) is 26.1 Å². The van der Waals surface area contributed by atoms with Gasteiger partial charge in [0.1, 0.15) is 11.3 Å². The van der Waals surface area contributed by atoms with Gasteiger partial charge < -0.3 is 23.9 Å². The van der Waals surface area contributed by atoms with E-state index in [-0.39, 0.29) is 33.8 Å². The standard InChI is InChI=1S/C26H19ClF3NO6/c1-34-19-10-7-14(11-21(19)35-2)23-24(33)16-9-8-15(12-20(16)37-25(23)26(28,29)30)36-13-22(32)31-18-6-4-3-5-17(18)27/h3-12H,13H2,1-2H3,(H,31,32). The quantitative estimate of drug-likeness (QED) is 0.306. The van der Waals surface area contributed by atoms with Gasteiger partial charge in [0, 0.05) is 6.07 Å². The van der Waals surface area contributed by atoms with Gasteiger partial charge in [-0.3, -0.25) is 9.59 Å². The molecule has 1 aromatic heterocycles. The molecule has 0 aliphatic rings. The number of ether oxygens (including phenoxy) is 3. The fraction of sp³-hybridized carbons (Fsp3) is 0.154. The van der Waals surface area contributed by atoms with Gasteiger partial charge in [0.05, 0.1) is 35.9 Å². The minimum absolute atomic E-state index is 0.0250. The SMILES string of the molecule is COc1ccc(-c2c(C(F)(F)F)oc3cc(OCC(=O)Nc4ccccc4Cl)ccc3c2=O)cc1OC. The fourth-order valence-electron chi connectivity index (χ4n) is 3.61. The zero-order valence-electron chi connectivity index (χ0n) is 19.4. The lowest BCUT2D eigenvalue weighted by Crippen LogP contribution is -2.20. The third-order valence-corrected chi connectivity index (χ3v) is 5.64. The van der Waals surface area contributed by atoms with Crippen molar-refractivity contribution in [1.82, 2.24) is 0 Å². The van der Waals surface area contributed by atoms with Crippen LogP contribution in [0.1, 0.15) is 5.76 Å². The number of hydrogen-bond acceptors (Lipinski definition) is 6. The second kappa shape index (κ2) is 10.4. The van der Waals surface area contributed by atoms with Gasteiger partial charge >= 0.3 is 6.18 Å². The molecule has 0 fully saturated rings. The lowest BCUT2D eigenvalue weighted by molar-refractivity contribution is -0.152. The maximum absolute atomic E-state index is 14.0. The van der Waals surface area contributed by atoms with Crippen LogP contribution in [-0.4, -0.2) is 26.7 Å². The van der Waals surface area contributed by atoms with E-state index in [0.717, 1.165) is 6.07 Å². The molecule has 7 nitrogen and oxygen atoms in total. The van der Waals surface area contributed by atoms with E-state index >= 15 is 0 Å². The van der Waals surface area contributed by atoms with Crippen molar-refractivity contribution in [3.8, 4) is 28.4 Å². The van der Waals surface area contributed by atoms with Crippen LogP contribution in [0.25, 0.3) is 22.1 Å². The number of fused-ring (bicyclic) bond motifs is 1. The number of rotatable bonds is 7. The van der Waals surface area contributed by atoms with Crippen molar-refractivity contribution >= 4 is 34.2 Å². The molecule has 0 atom stereocenters. The Kier molecular flexibility index (Phi) is 7.30. The fourth-order valence-corrected chi connectivity index (χ4v) is 3.80. The summed E-state index contributed by atoms with van der Waals surface area (Å²) in [6.45, 7) is -0.461. The van der Waals surface area contributed by atoms with E-state index < -0.39 is 35.4 Å². The predicted molar refractivity (Wildman–Crippen MR) is 132 cm³/mol. The second-order valence-electron chi connectivity index (χ2n) is 7.68. The number of amides is 1. The average Bonchev–Trinajstić information content (AvgIpc) is 2.87. The van der Waals surface area contributed by atoms with Crippen molar-refractivity contribution in [2.45, 2.75) is 6.18 Å². The Hall–Kier alpha value is -4.18. The van der Waals surface area contributed by atoms with E-state index in [1.165, 1.54) is 44.6 Å². The number of methoxy groups -OCH3 is 2. The van der Waals surface area contributed by atoms with Crippen LogP contribution < -0.4 is 25.0 Å². The van der Waals surface area contributed by atoms with Gasteiger partial charge in [0.25, 0.3) is 5.91 Å². The molecule has 0 spiro atoms. The van der Waals surface area contributed by atoms with Gasteiger partial charge in [0.15, 0.2) is 18.1 Å². The predicted octanol–water partition coefficient (Wildman–Crippen LogP) is 6.17. The number of halogens is 4. The van der Waals surface area contributed by atoms with Crippen LogP contribution in [-0.2, 0) is 11.0 Å². The molecule has 0 aliphatic heterocycles.